The molecule has 2 aromatic carbocycles. The fourth-order valence-corrected chi connectivity index (χ4v) is 5.39. The van der Waals surface area contributed by atoms with E-state index in [0.717, 1.165) is 33.7 Å². The highest BCUT2D eigenvalue weighted by molar-refractivity contribution is 7.99. The second-order valence-corrected chi connectivity index (χ2v) is 9.08. The van der Waals surface area contributed by atoms with Crippen molar-refractivity contribution in [3.8, 4) is 16.4 Å². The van der Waals surface area contributed by atoms with Crippen molar-refractivity contribution in [1.29, 1.82) is 0 Å². The van der Waals surface area contributed by atoms with E-state index in [2.05, 4.69) is 23.2 Å². The zero-order valence-corrected chi connectivity index (χ0v) is 18.1. The molecule has 0 spiro atoms. The summed E-state index contributed by atoms with van der Waals surface area (Å²) in [6.07, 6.45) is 0.898. The standard InChI is InChI=1S/C23H20N4OS2/c1-16-14-17-8-5-6-11-19(17)26(16)21(28)15-30-23-25-24-22(20-12-7-13-29-20)27(23)18-9-3-2-4-10-18/h2-13,16H,14-15H2,1H3/t16-/m0/s1. The maximum atomic E-state index is 13.1. The number of carbonyl (C=O) groups is 1. The van der Waals surface area contributed by atoms with Gasteiger partial charge in [-0.2, -0.15) is 0 Å². The first-order valence-electron chi connectivity index (χ1n) is 9.80. The first kappa shape index (κ1) is 19.1. The number of hydrogen-bond acceptors (Lipinski definition) is 5. The Labute approximate surface area is 183 Å². The minimum absolute atomic E-state index is 0.0951. The Balaban J connectivity index is 1.43. The maximum absolute atomic E-state index is 13.1. The third-order valence-corrected chi connectivity index (χ3v) is 6.97. The summed E-state index contributed by atoms with van der Waals surface area (Å²) in [7, 11) is 0. The summed E-state index contributed by atoms with van der Waals surface area (Å²) in [4.78, 5) is 16.1. The summed E-state index contributed by atoms with van der Waals surface area (Å²) in [6.45, 7) is 2.10. The van der Waals surface area contributed by atoms with Crippen molar-refractivity contribution in [3.63, 3.8) is 0 Å². The van der Waals surface area contributed by atoms with Gasteiger partial charge in [-0.15, -0.1) is 21.5 Å². The average molecular weight is 433 g/mol. The number of thioether (sulfide) groups is 1. The predicted octanol–water partition coefficient (Wildman–Crippen LogP) is 5.07. The van der Waals surface area contributed by atoms with Crippen molar-refractivity contribution in [3.05, 3.63) is 77.7 Å². The molecule has 150 valence electrons. The van der Waals surface area contributed by atoms with Crippen LogP contribution in [0.4, 0.5) is 5.69 Å². The molecule has 1 aliphatic heterocycles. The molecule has 0 saturated carbocycles. The summed E-state index contributed by atoms with van der Waals surface area (Å²) < 4.78 is 2.03. The molecule has 0 aliphatic carbocycles. The van der Waals surface area contributed by atoms with Crippen LogP contribution in [0, 0.1) is 0 Å². The predicted molar refractivity (Wildman–Crippen MR) is 122 cm³/mol. The van der Waals surface area contributed by atoms with Gasteiger partial charge in [0, 0.05) is 17.4 Å². The Kier molecular flexibility index (Phi) is 5.14. The van der Waals surface area contributed by atoms with E-state index in [-0.39, 0.29) is 11.9 Å². The van der Waals surface area contributed by atoms with Gasteiger partial charge in [0.05, 0.1) is 10.6 Å². The van der Waals surface area contributed by atoms with E-state index in [0.29, 0.717) is 5.75 Å². The van der Waals surface area contributed by atoms with Gasteiger partial charge in [-0.1, -0.05) is 54.2 Å². The lowest BCUT2D eigenvalue weighted by Gasteiger charge is -2.22. The maximum Gasteiger partial charge on any atom is 0.237 e. The van der Waals surface area contributed by atoms with Gasteiger partial charge >= 0.3 is 0 Å². The summed E-state index contributed by atoms with van der Waals surface area (Å²) in [5.74, 6) is 1.21. The normalized spacial score (nSPS) is 15.4. The lowest BCUT2D eigenvalue weighted by Crippen LogP contribution is -2.37. The van der Waals surface area contributed by atoms with Crippen molar-refractivity contribution in [2.75, 3.05) is 10.7 Å². The monoisotopic (exact) mass is 432 g/mol. The van der Waals surface area contributed by atoms with Crippen molar-refractivity contribution in [2.45, 2.75) is 24.5 Å². The highest BCUT2D eigenvalue weighted by Gasteiger charge is 2.30. The second-order valence-electron chi connectivity index (χ2n) is 7.19. The number of amides is 1. The molecule has 5 nitrogen and oxygen atoms in total. The molecule has 0 radical (unpaired) electrons. The lowest BCUT2D eigenvalue weighted by molar-refractivity contribution is -0.116. The number of benzene rings is 2. The number of rotatable bonds is 5. The number of fused-ring (bicyclic) bond motifs is 1. The van der Waals surface area contributed by atoms with Crippen molar-refractivity contribution in [2.24, 2.45) is 0 Å². The molecule has 0 fully saturated rings. The van der Waals surface area contributed by atoms with Crippen LogP contribution in [-0.4, -0.2) is 32.5 Å². The number of thiophene rings is 1. The van der Waals surface area contributed by atoms with Gasteiger partial charge in [0.1, 0.15) is 0 Å². The van der Waals surface area contributed by atoms with E-state index < -0.39 is 0 Å². The number of hydrogen-bond donors (Lipinski definition) is 0. The average Bonchev–Trinajstić information content (AvgIpc) is 3.50. The third kappa shape index (κ3) is 3.44. The molecule has 0 bridgehead atoms. The molecule has 1 atom stereocenters. The van der Waals surface area contributed by atoms with Crippen molar-refractivity contribution < 1.29 is 4.79 Å². The number of carbonyl (C=O) groups excluding carboxylic acids is 1. The number of aromatic nitrogens is 3. The Bertz CT molecular complexity index is 1170. The summed E-state index contributed by atoms with van der Waals surface area (Å²) >= 11 is 3.06. The second kappa shape index (κ2) is 8.08. The van der Waals surface area contributed by atoms with Crippen molar-refractivity contribution in [1.82, 2.24) is 14.8 Å². The van der Waals surface area contributed by atoms with Crippen LogP contribution in [0.3, 0.4) is 0 Å². The molecular formula is C23H20N4OS2. The molecule has 2 aromatic heterocycles. The van der Waals surface area contributed by atoms with Crippen LogP contribution >= 0.6 is 23.1 Å². The minimum Gasteiger partial charge on any atom is -0.308 e. The minimum atomic E-state index is 0.0951. The van der Waals surface area contributed by atoms with Crippen LogP contribution < -0.4 is 4.90 Å². The molecule has 3 heterocycles. The van der Waals surface area contributed by atoms with Gasteiger partial charge in [0.25, 0.3) is 0 Å². The van der Waals surface area contributed by atoms with E-state index in [4.69, 9.17) is 0 Å². The van der Waals surface area contributed by atoms with Crippen LogP contribution in [0.25, 0.3) is 16.4 Å². The van der Waals surface area contributed by atoms with Crippen LogP contribution in [0.2, 0.25) is 0 Å². The molecule has 0 saturated heterocycles. The van der Waals surface area contributed by atoms with Crippen molar-refractivity contribution >= 4 is 34.7 Å². The van der Waals surface area contributed by atoms with Gasteiger partial charge in [-0.25, -0.2) is 0 Å². The lowest BCUT2D eigenvalue weighted by atomic mass is 10.1. The van der Waals surface area contributed by atoms with Crippen LogP contribution in [0.5, 0.6) is 0 Å². The van der Waals surface area contributed by atoms with E-state index >= 15 is 0 Å². The molecular weight excluding hydrogens is 412 g/mol. The molecule has 4 aromatic rings. The quantitative estimate of drug-likeness (QED) is 0.413. The summed E-state index contributed by atoms with van der Waals surface area (Å²) in [5.41, 5.74) is 3.25. The van der Waals surface area contributed by atoms with Gasteiger partial charge in [-0.05, 0) is 48.6 Å². The Morgan fingerprint density at radius 1 is 1.07 bits per heavy atom. The molecule has 0 N–H and O–H groups in total. The van der Waals surface area contributed by atoms with Crippen LogP contribution in [0.1, 0.15) is 12.5 Å². The summed E-state index contributed by atoms with van der Waals surface area (Å²) in [6, 6.07) is 22.4. The molecule has 1 aliphatic rings. The number of anilines is 1. The smallest absolute Gasteiger partial charge is 0.237 e. The third-order valence-electron chi connectivity index (χ3n) is 5.19. The highest BCUT2D eigenvalue weighted by atomic mass is 32.2. The van der Waals surface area contributed by atoms with Gasteiger partial charge in [0.2, 0.25) is 5.91 Å². The fourth-order valence-electron chi connectivity index (χ4n) is 3.88. The molecule has 7 heteroatoms. The largest absolute Gasteiger partial charge is 0.308 e. The zero-order valence-electron chi connectivity index (χ0n) is 16.4. The Morgan fingerprint density at radius 2 is 1.87 bits per heavy atom. The van der Waals surface area contributed by atoms with Crippen LogP contribution in [-0.2, 0) is 11.2 Å². The van der Waals surface area contributed by atoms with Gasteiger partial charge < -0.3 is 4.90 Å². The number of para-hydroxylation sites is 2. The summed E-state index contributed by atoms with van der Waals surface area (Å²) in [5, 5.41) is 11.6. The molecule has 0 unspecified atom stereocenters. The highest BCUT2D eigenvalue weighted by Crippen LogP contribution is 2.34. The van der Waals surface area contributed by atoms with E-state index in [1.807, 2.05) is 75.5 Å². The molecule has 1 amide bonds. The molecule has 5 rings (SSSR count). The number of nitrogens with zero attached hydrogens (tertiary/aromatic N) is 4. The molecule has 30 heavy (non-hydrogen) atoms. The van der Waals surface area contributed by atoms with Gasteiger partial charge in [0.15, 0.2) is 11.0 Å². The van der Waals surface area contributed by atoms with Crippen LogP contribution in [0.15, 0.2) is 77.3 Å². The van der Waals surface area contributed by atoms with E-state index in [1.54, 1.807) is 11.3 Å². The fraction of sp³-hybridized carbons (Fsp3) is 0.174. The Morgan fingerprint density at radius 3 is 2.67 bits per heavy atom. The zero-order chi connectivity index (χ0) is 20.5. The van der Waals surface area contributed by atoms with E-state index in [9.17, 15) is 4.79 Å². The topological polar surface area (TPSA) is 51.0 Å². The van der Waals surface area contributed by atoms with E-state index in [1.165, 1.54) is 17.3 Å². The first-order valence-corrected chi connectivity index (χ1v) is 11.7. The Hall–Kier alpha value is -2.90. The SMILES string of the molecule is C[C@H]1Cc2ccccc2N1C(=O)CSc1nnc(-c2cccs2)n1-c1ccccc1. The first-order chi connectivity index (χ1) is 14.7. The van der Waals surface area contributed by atoms with Gasteiger partial charge in [-0.3, -0.25) is 9.36 Å².